The highest BCUT2D eigenvalue weighted by Gasteiger charge is 2.39. The molecule has 1 aromatic carbocycles. The molecule has 12 heteroatoms. The van der Waals surface area contributed by atoms with Crippen LogP contribution in [0.1, 0.15) is 79.8 Å². The molecule has 2 fully saturated rings. The lowest BCUT2D eigenvalue weighted by molar-refractivity contribution is -0.151. The van der Waals surface area contributed by atoms with E-state index in [1.165, 1.54) is 12.0 Å². The van der Waals surface area contributed by atoms with Gasteiger partial charge in [-0.05, 0) is 73.8 Å². The SMILES string of the molecule is CCOC(=O)[C@H]1CN(C(=O)OC(C)(C)C)CC[C@@H]1N[C@@H](C)c1ccccc1.COC(=O)[C@H]1CN(C(=O)OC(C)(C)C)CC[C@@H]1N. The molecule has 1 aromatic rings. The van der Waals surface area contributed by atoms with E-state index >= 15 is 0 Å². The van der Waals surface area contributed by atoms with Crippen molar-refractivity contribution in [2.24, 2.45) is 17.6 Å². The van der Waals surface area contributed by atoms with Crippen LogP contribution in [0, 0.1) is 11.8 Å². The third kappa shape index (κ3) is 12.5. The highest BCUT2D eigenvalue weighted by Crippen LogP contribution is 2.25. The van der Waals surface area contributed by atoms with Crippen LogP contribution in [0.5, 0.6) is 0 Å². The molecule has 0 radical (unpaired) electrons. The van der Waals surface area contributed by atoms with Crippen LogP contribution in [0.4, 0.5) is 9.59 Å². The average molecular weight is 635 g/mol. The Hall–Kier alpha value is -3.38. The van der Waals surface area contributed by atoms with Crippen LogP contribution in [-0.4, -0.2) is 97.1 Å². The Morgan fingerprint density at radius 3 is 1.87 bits per heavy atom. The number of rotatable bonds is 6. The lowest BCUT2D eigenvalue weighted by atomic mass is 9.91. The largest absolute Gasteiger partial charge is 0.469 e. The van der Waals surface area contributed by atoms with E-state index in [0.29, 0.717) is 39.1 Å². The highest BCUT2D eigenvalue weighted by atomic mass is 16.6. The lowest BCUT2D eigenvalue weighted by Crippen LogP contribution is -2.55. The zero-order valence-corrected chi connectivity index (χ0v) is 28.5. The van der Waals surface area contributed by atoms with E-state index in [0.717, 1.165) is 5.56 Å². The molecule has 0 unspecified atom stereocenters. The van der Waals surface area contributed by atoms with Gasteiger partial charge in [0.1, 0.15) is 11.2 Å². The van der Waals surface area contributed by atoms with Gasteiger partial charge >= 0.3 is 24.1 Å². The van der Waals surface area contributed by atoms with Gasteiger partial charge in [0.25, 0.3) is 0 Å². The molecule has 2 amide bonds. The number of nitrogens with two attached hydrogens (primary N) is 1. The van der Waals surface area contributed by atoms with Crippen LogP contribution in [0.3, 0.4) is 0 Å². The summed E-state index contributed by atoms with van der Waals surface area (Å²) in [6.45, 7) is 16.7. The van der Waals surface area contributed by atoms with Crippen molar-refractivity contribution >= 4 is 24.1 Å². The second-order valence-electron chi connectivity index (χ2n) is 13.5. The first-order chi connectivity index (χ1) is 21.0. The van der Waals surface area contributed by atoms with E-state index in [1.807, 2.05) is 39.0 Å². The van der Waals surface area contributed by atoms with E-state index in [-0.39, 0.29) is 42.7 Å². The Morgan fingerprint density at radius 2 is 1.38 bits per heavy atom. The van der Waals surface area contributed by atoms with E-state index in [9.17, 15) is 19.2 Å². The van der Waals surface area contributed by atoms with Gasteiger partial charge in [-0.1, -0.05) is 30.3 Å². The molecule has 3 rings (SSSR count). The number of piperidine rings is 2. The topological polar surface area (TPSA) is 150 Å². The van der Waals surface area contributed by atoms with Crippen LogP contribution in [0.2, 0.25) is 0 Å². The van der Waals surface area contributed by atoms with Gasteiger partial charge in [-0.25, -0.2) is 9.59 Å². The number of likely N-dealkylation sites (tertiary alicyclic amines) is 2. The summed E-state index contributed by atoms with van der Waals surface area (Å²) in [6.07, 6.45) is 0.438. The van der Waals surface area contributed by atoms with Crippen LogP contribution in [-0.2, 0) is 28.5 Å². The third-order valence-corrected chi connectivity index (χ3v) is 7.44. The predicted molar refractivity (Wildman–Crippen MR) is 170 cm³/mol. The third-order valence-electron chi connectivity index (χ3n) is 7.44. The predicted octanol–water partition coefficient (Wildman–Crippen LogP) is 4.27. The van der Waals surface area contributed by atoms with Crippen molar-refractivity contribution in [3.8, 4) is 0 Å². The fourth-order valence-electron chi connectivity index (χ4n) is 5.15. The quantitative estimate of drug-likeness (QED) is 0.343. The molecular weight excluding hydrogens is 580 g/mol. The summed E-state index contributed by atoms with van der Waals surface area (Å²) < 4.78 is 20.7. The molecule has 2 aliphatic heterocycles. The molecule has 2 saturated heterocycles. The van der Waals surface area contributed by atoms with E-state index < -0.39 is 29.1 Å². The molecule has 0 saturated carbocycles. The van der Waals surface area contributed by atoms with Gasteiger partial charge in [-0.15, -0.1) is 0 Å². The van der Waals surface area contributed by atoms with Gasteiger partial charge < -0.3 is 39.8 Å². The second kappa shape index (κ2) is 16.8. The molecule has 254 valence electrons. The first-order valence-corrected chi connectivity index (χ1v) is 15.7. The number of nitrogens with one attached hydrogen (secondary N) is 1. The molecule has 2 heterocycles. The van der Waals surface area contributed by atoms with Gasteiger partial charge in [0, 0.05) is 44.3 Å². The average Bonchev–Trinajstić information content (AvgIpc) is 2.96. The Morgan fingerprint density at radius 1 is 0.867 bits per heavy atom. The number of benzene rings is 1. The number of esters is 2. The summed E-state index contributed by atoms with van der Waals surface area (Å²) in [7, 11) is 1.32. The zero-order valence-electron chi connectivity index (χ0n) is 28.5. The first-order valence-electron chi connectivity index (χ1n) is 15.7. The van der Waals surface area contributed by atoms with Gasteiger partial charge in [0.15, 0.2) is 0 Å². The van der Waals surface area contributed by atoms with Crippen molar-refractivity contribution in [2.45, 2.75) is 97.6 Å². The van der Waals surface area contributed by atoms with Crippen LogP contribution in [0.25, 0.3) is 0 Å². The molecule has 0 spiro atoms. The highest BCUT2D eigenvalue weighted by molar-refractivity contribution is 5.76. The van der Waals surface area contributed by atoms with E-state index in [4.69, 9.17) is 24.7 Å². The Labute approximate surface area is 268 Å². The van der Waals surface area contributed by atoms with Gasteiger partial charge in [0.2, 0.25) is 0 Å². The molecule has 0 aromatic heterocycles. The van der Waals surface area contributed by atoms with Crippen molar-refractivity contribution < 1.29 is 38.1 Å². The summed E-state index contributed by atoms with van der Waals surface area (Å²) >= 11 is 0. The number of methoxy groups -OCH3 is 1. The van der Waals surface area contributed by atoms with Crippen LogP contribution in [0.15, 0.2) is 30.3 Å². The van der Waals surface area contributed by atoms with Crippen molar-refractivity contribution in [3.63, 3.8) is 0 Å². The minimum atomic E-state index is -0.562. The number of ether oxygens (including phenoxy) is 4. The maximum Gasteiger partial charge on any atom is 0.410 e. The minimum absolute atomic E-state index is 0.0575. The van der Waals surface area contributed by atoms with E-state index in [2.05, 4.69) is 24.4 Å². The van der Waals surface area contributed by atoms with Crippen molar-refractivity contribution in [1.82, 2.24) is 15.1 Å². The maximum absolute atomic E-state index is 12.5. The van der Waals surface area contributed by atoms with Gasteiger partial charge in [-0.3, -0.25) is 9.59 Å². The number of amides is 2. The molecular formula is C33H54N4O8. The summed E-state index contributed by atoms with van der Waals surface area (Å²) in [5, 5.41) is 3.55. The molecule has 3 N–H and O–H groups in total. The number of hydrogen-bond donors (Lipinski definition) is 2. The summed E-state index contributed by atoms with van der Waals surface area (Å²) in [5.41, 5.74) is 5.92. The molecule has 45 heavy (non-hydrogen) atoms. The smallest absolute Gasteiger partial charge is 0.410 e. The fraction of sp³-hybridized carbons (Fsp3) is 0.697. The van der Waals surface area contributed by atoms with Crippen LogP contribution < -0.4 is 11.1 Å². The van der Waals surface area contributed by atoms with Crippen molar-refractivity contribution in [1.29, 1.82) is 0 Å². The number of carbonyl (C=O) groups excluding carboxylic acids is 4. The van der Waals surface area contributed by atoms with Gasteiger partial charge in [0.05, 0.1) is 25.6 Å². The first kappa shape index (κ1) is 37.8. The maximum atomic E-state index is 12.5. The summed E-state index contributed by atoms with van der Waals surface area (Å²) in [6, 6.07) is 9.88. The normalized spacial score (nSPS) is 22.7. The summed E-state index contributed by atoms with van der Waals surface area (Å²) in [5.74, 6) is -1.55. The van der Waals surface area contributed by atoms with Crippen LogP contribution >= 0.6 is 0 Å². The second-order valence-corrected chi connectivity index (χ2v) is 13.5. The Kier molecular flexibility index (Phi) is 14.1. The fourth-order valence-corrected chi connectivity index (χ4v) is 5.15. The van der Waals surface area contributed by atoms with Gasteiger partial charge in [-0.2, -0.15) is 0 Å². The summed E-state index contributed by atoms with van der Waals surface area (Å²) in [4.78, 5) is 51.5. The standard InChI is InChI=1S/C21H32N2O4.C12H22N2O4/c1-6-26-19(24)17-14-23(20(25)27-21(3,4)5)13-12-18(17)22-15(2)16-10-8-7-9-11-16;1-12(2,3)18-11(16)14-6-5-9(13)8(7-14)10(15)17-4/h7-11,15,17-18,22H,6,12-14H2,1-5H3;8-9H,5-7,13H2,1-4H3/t15-,17-,18-;8-,9-/m00/s1. The molecule has 5 atom stereocenters. The number of nitrogens with zero attached hydrogens (tertiary/aromatic N) is 2. The number of hydrogen-bond acceptors (Lipinski definition) is 10. The zero-order chi connectivity index (χ0) is 33.9. The molecule has 2 aliphatic rings. The minimum Gasteiger partial charge on any atom is -0.469 e. The molecule has 0 bridgehead atoms. The van der Waals surface area contributed by atoms with Crippen molar-refractivity contribution in [2.75, 3.05) is 39.9 Å². The molecule has 12 nitrogen and oxygen atoms in total. The monoisotopic (exact) mass is 634 g/mol. The molecule has 0 aliphatic carbocycles. The van der Waals surface area contributed by atoms with Crippen molar-refractivity contribution in [3.05, 3.63) is 35.9 Å². The Bertz CT molecular complexity index is 1120. The van der Waals surface area contributed by atoms with E-state index in [1.54, 1.807) is 32.6 Å². The lowest BCUT2D eigenvalue weighted by Gasteiger charge is -2.39. The number of carbonyl (C=O) groups is 4. The Balaban J connectivity index is 0.000000341.